The van der Waals surface area contributed by atoms with E-state index >= 15 is 0 Å². The summed E-state index contributed by atoms with van der Waals surface area (Å²) in [5, 5.41) is 0. The molecule has 1 fully saturated rings. The molecule has 4 nitrogen and oxygen atoms in total. The van der Waals surface area contributed by atoms with Crippen LogP contribution in [0.25, 0.3) is 0 Å². The summed E-state index contributed by atoms with van der Waals surface area (Å²) in [5.74, 6) is -0.385. The summed E-state index contributed by atoms with van der Waals surface area (Å²) >= 11 is 0. The first-order valence-corrected chi connectivity index (χ1v) is 3.65. The number of rotatable bonds is 1. The van der Waals surface area contributed by atoms with Crippen molar-refractivity contribution in [3.63, 3.8) is 0 Å². The van der Waals surface area contributed by atoms with Crippen LogP contribution in [-0.2, 0) is 14.3 Å². The molecule has 0 aromatic carbocycles. The molecule has 0 amide bonds. The fourth-order valence-electron chi connectivity index (χ4n) is 1.19. The third kappa shape index (κ3) is 2.17. The lowest BCUT2D eigenvalue weighted by Gasteiger charge is -2.24. The molecule has 0 saturated carbocycles. The monoisotopic (exact) mass is 159 g/mol. The van der Waals surface area contributed by atoms with Crippen LogP contribution in [0.15, 0.2) is 0 Å². The number of ether oxygens (including phenoxy) is 2. The number of carbonyl (C=O) groups is 1. The van der Waals surface area contributed by atoms with Crippen LogP contribution < -0.4 is 5.73 Å². The van der Waals surface area contributed by atoms with Crippen LogP contribution in [0.2, 0.25) is 0 Å². The average Bonchev–Trinajstić information content (AvgIpc) is 2.03. The van der Waals surface area contributed by atoms with E-state index in [1.54, 1.807) is 0 Å². The van der Waals surface area contributed by atoms with E-state index in [1.807, 2.05) is 0 Å². The van der Waals surface area contributed by atoms with Gasteiger partial charge >= 0.3 is 5.97 Å². The molecular formula is C7H13NO3. The highest BCUT2D eigenvalue weighted by atomic mass is 16.5. The Hall–Kier alpha value is -0.610. The van der Waals surface area contributed by atoms with Gasteiger partial charge in [0.1, 0.15) is 0 Å². The van der Waals surface area contributed by atoms with Crippen LogP contribution in [0, 0.1) is 5.92 Å². The first-order chi connectivity index (χ1) is 5.24. The van der Waals surface area contributed by atoms with Crippen LogP contribution in [0.4, 0.5) is 0 Å². The highest BCUT2D eigenvalue weighted by Gasteiger charge is 2.26. The van der Waals surface area contributed by atoms with Crippen molar-refractivity contribution in [3.8, 4) is 0 Å². The Morgan fingerprint density at radius 3 is 2.91 bits per heavy atom. The van der Waals surface area contributed by atoms with Gasteiger partial charge in [0.05, 0.1) is 26.2 Å². The fourth-order valence-corrected chi connectivity index (χ4v) is 1.19. The zero-order valence-corrected chi connectivity index (χ0v) is 6.58. The maximum Gasteiger partial charge on any atom is 0.311 e. The summed E-state index contributed by atoms with van der Waals surface area (Å²) in [5.41, 5.74) is 5.58. The van der Waals surface area contributed by atoms with Crippen molar-refractivity contribution < 1.29 is 14.3 Å². The van der Waals surface area contributed by atoms with Gasteiger partial charge in [-0.3, -0.25) is 4.79 Å². The smallest absolute Gasteiger partial charge is 0.311 e. The molecule has 1 rings (SSSR count). The van der Waals surface area contributed by atoms with Crippen molar-refractivity contribution >= 4 is 5.97 Å². The molecule has 0 aromatic heterocycles. The molecule has 0 spiro atoms. The summed E-state index contributed by atoms with van der Waals surface area (Å²) in [6.07, 6.45) is 0.673. The molecule has 0 aliphatic carbocycles. The standard InChI is InChI=1S/C7H13NO3/c1-10-7(9)5-2-6(8)4-11-3-5/h5-6H,2-4,8H2,1H3. The number of nitrogens with two attached hydrogens (primary N) is 1. The maximum absolute atomic E-state index is 11.0. The lowest BCUT2D eigenvalue weighted by atomic mass is 9.99. The number of methoxy groups -OCH3 is 1. The molecule has 1 aliphatic heterocycles. The minimum Gasteiger partial charge on any atom is -0.469 e. The van der Waals surface area contributed by atoms with Crippen molar-refractivity contribution in [1.82, 2.24) is 0 Å². The second kappa shape index (κ2) is 3.69. The first kappa shape index (κ1) is 8.49. The average molecular weight is 159 g/mol. The quantitative estimate of drug-likeness (QED) is 0.525. The van der Waals surface area contributed by atoms with Crippen molar-refractivity contribution in [3.05, 3.63) is 0 Å². The van der Waals surface area contributed by atoms with Gasteiger partial charge in [0.2, 0.25) is 0 Å². The zero-order chi connectivity index (χ0) is 8.27. The molecule has 11 heavy (non-hydrogen) atoms. The Kier molecular flexibility index (Phi) is 2.84. The van der Waals surface area contributed by atoms with Gasteiger partial charge in [-0.05, 0) is 6.42 Å². The van der Waals surface area contributed by atoms with E-state index in [0.717, 1.165) is 0 Å². The number of carbonyl (C=O) groups excluding carboxylic acids is 1. The summed E-state index contributed by atoms with van der Waals surface area (Å²) in [7, 11) is 1.38. The Bertz CT molecular complexity index is 149. The lowest BCUT2D eigenvalue weighted by Crippen LogP contribution is -2.39. The molecule has 64 valence electrons. The third-order valence-electron chi connectivity index (χ3n) is 1.77. The van der Waals surface area contributed by atoms with Crippen LogP contribution in [0.5, 0.6) is 0 Å². The zero-order valence-electron chi connectivity index (χ0n) is 6.58. The molecule has 4 heteroatoms. The van der Waals surface area contributed by atoms with Gasteiger partial charge in [0.25, 0.3) is 0 Å². The molecule has 1 saturated heterocycles. The van der Waals surface area contributed by atoms with Crippen LogP contribution in [-0.4, -0.2) is 32.3 Å². The van der Waals surface area contributed by atoms with Crippen molar-refractivity contribution in [2.75, 3.05) is 20.3 Å². The SMILES string of the molecule is COC(=O)C1COCC(N)C1. The maximum atomic E-state index is 11.0. The topological polar surface area (TPSA) is 61.5 Å². The highest BCUT2D eigenvalue weighted by molar-refractivity contribution is 5.72. The largest absolute Gasteiger partial charge is 0.469 e. The molecule has 1 heterocycles. The Morgan fingerprint density at radius 1 is 1.64 bits per heavy atom. The third-order valence-corrected chi connectivity index (χ3v) is 1.77. The van der Waals surface area contributed by atoms with Gasteiger partial charge < -0.3 is 15.2 Å². The summed E-state index contributed by atoms with van der Waals surface area (Å²) in [6, 6.07) is -0.0205. The second-order valence-corrected chi connectivity index (χ2v) is 2.75. The van der Waals surface area contributed by atoms with Crippen LogP contribution in [0.3, 0.4) is 0 Å². The summed E-state index contributed by atoms with van der Waals surface area (Å²) < 4.78 is 9.66. The number of hydrogen-bond acceptors (Lipinski definition) is 4. The Morgan fingerprint density at radius 2 is 2.36 bits per heavy atom. The minimum atomic E-state index is -0.222. The predicted molar refractivity (Wildman–Crippen MR) is 38.9 cm³/mol. The van der Waals surface area contributed by atoms with E-state index in [4.69, 9.17) is 10.5 Å². The van der Waals surface area contributed by atoms with Gasteiger partial charge in [-0.15, -0.1) is 0 Å². The van der Waals surface area contributed by atoms with E-state index in [1.165, 1.54) is 7.11 Å². The lowest BCUT2D eigenvalue weighted by molar-refractivity contribution is -0.150. The van der Waals surface area contributed by atoms with Gasteiger partial charge in [-0.25, -0.2) is 0 Å². The number of hydrogen-bond donors (Lipinski definition) is 1. The summed E-state index contributed by atoms with van der Waals surface area (Å²) in [4.78, 5) is 11.0. The molecule has 1 aliphatic rings. The predicted octanol–water partition coefficient (Wildman–Crippen LogP) is -0.477. The van der Waals surface area contributed by atoms with E-state index in [-0.39, 0.29) is 17.9 Å². The minimum absolute atomic E-state index is 0.0205. The molecule has 2 unspecified atom stereocenters. The van der Waals surface area contributed by atoms with Crippen molar-refractivity contribution in [2.45, 2.75) is 12.5 Å². The van der Waals surface area contributed by atoms with Crippen LogP contribution in [0.1, 0.15) is 6.42 Å². The molecular weight excluding hydrogens is 146 g/mol. The molecule has 0 bridgehead atoms. The van der Waals surface area contributed by atoms with Gasteiger partial charge in [-0.1, -0.05) is 0 Å². The van der Waals surface area contributed by atoms with Crippen molar-refractivity contribution in [2.24, 2.45) is 11.7 Å². The Balaban J connectivity index is 2.39. The van der Waals surface area contributed by atoms with Gasteiger partial charge in [-0.2, -0.15) is 0 Å². The second-order valence-electron chi connectivity index (χ2n) is 2.75. The first-order valence-electron chi connectivity index (χ1n) is 3.65. The molecule has 0 radical (unpaired) electrons. The number of esters is 1. The van der Waals surface area contributed by atoms with Crippen molar-refractivity contribution in [1.29, 1.82) is 0 Å². The molecule has 2 atom stereocenters. The van der Waals surface area contributed by atoms with Gasteiger partial charge in [0.15, 0.2) is 0 Å². The van der Waals surface area contributed by atoms with E-state index in [2.05, 4.69) is 4.74 Å². The van der Waals surface area contributed by atoms with E-state index in [0.29, 0.717) is 19.6 Å². The fraction of sp³-hybridized carbons (Fsp3) is 0.857. The Labute approximate surface area is 65.7 Å². The normalized spacial score (nSPS) is 31.5. The molecule has 0 aromatic rings. The van der Waals surface area contributed by atoms with E-state index in [9.17, 15) is 4.79 Å². The van der Waals surface area contributed by atoms with Crippen LogP contribution >= 0.6 is 0 Å². The summed E-state index contributed by atoms with van der Waals surface area (Å²) in [6.45, 7) is 0.994. The highest BCUT2D eigenvalue weighted by Crippen LogP contribution is 2.13. The molecule has 2 N–H and O–H groups in total. The van der Waals surface area contributed by atoms with Gasteiger partial charge in [0, 0.05) is 6.04 Å². The van der Waals surface area contributed by atoms with E-state index < -0.39 is 0 Å².